The molecule has 69 heavy (non-hydrogen) atoms. The molecule has 12 rings (SSSR count). The van der Waals surface area contributed by atoms with Crippen molar-refractivity contribution in [1.82, 2.24) is 40.4 Å². The van der Waals surface area contributed by atoms with Gasteiger partial charge in [0.25, 0.3) is 0 Å². The molecule has 2 aromatic heterocycles. The number of aromatic amines is 2. The Hall–Kier alpha value is -6.09. The molecular weight excluding hydrogens is 869 g/mol. The summed E-state index contributed by atoms with van der Waals surface area (Å²) in [4.78, 5) is 61.3. The fourth-order valence-corrected chi connectivity index (χ4v) is 11.0. The van der Waals surface area contributed by atoms with Crippen molar-refractivity contribution in [3.8, 4) is 22.3 Å². The van der Waals surface area contributed by atoms with Crippen molar-refractivity contribution in [2.24, 2.45) is 23.7 Å². The number of aliphatic hydroxyl groups excluding tert-OH is 1. The molecule has 0 radical (unpaired) electrons. The van der Waals surface area contributed by atoms with Gasteiger partial charge in [0.05, 0.1) is 47.3 Å². The Labute approximate surface area is 405 Å². The first-order valence-electron chi connectivity index (χ1n) is 24.8. The lowest BCUT2D eigenvalue weighted by atomic mass is 9.84. The Bertz CT molecular complexity index is 2870. The second-order valence-electron chi connectivity index (χ2n) is 20.7. The third-order valence-electron chi connectivity index (χ3n) is 14.8. The fourth-order valence-electron chi connectivity index (χ4n) is 11.0. The summed E-state index contributed by atoms with van der Waals surface area (Å²) in [6.45, 7) is 15.6. The van der Waals surface area contributed by atoms with Gasteiger partial charge in [0.15, 0.2) is 0 Å². The number of carbonyl (C=O) groups excluding carboxylic acids is 3. The molecule has 0 saturated carbocycles. The van der Waals surface area contributed by atoms with Crippen LogP contribution in [0.15, 0.2) is 72.8 Å². The van der Waals surface area contributed by atoms with Crippen LogP contribution in [0.1, 0.15) is 113 Å². The summed E-state index contributed by atoms with van der Waals surface area (Å²) in [5, 5.41) is 15.9. The number of alkyl carbamates (subject to hydrolysis) is 1. The number of benzene rings is 4. The van der Waals surface area contributed by atoms with Gasteiger partial charge in [-0.3, -0.25) is 14.9 Å². The van der Waals surface area contributed by atoms with Gasteiger partial charge >= 0.3 is 6.09 Å². The van der Waals surface area contributed by atoms with E-state index in [2.05, 4.69) is 114 Å². The maximum Gasteiger partial charge on any atom is 0.407 e. The lowest BCUT2D eigenvalue weighted by Crippen LogP contribution is -2.53. The SMILES string of the molecule is COC(=O)N[C@H](C(=O)N1C[C@H](C)C[C@H]1c1nc2ccc(-c3cc4ccc3CCc3ccc(c(-c5ccc6nc([C@@H]7C[C@@H](C)CN7C(=O)[C@@H](NC(O)OC)C(C)C)[nH]c6c5)c3)C[C@H]4C)cc2[nH]1)C(C)C. The molecule has 4 aromatic carbocycles. The van der Waals surface area contributed by atoms with E-state index in [-0.39, 0.29) is 47.6 Å². The van der Waals surface area contributed by atoms with Crippen LogP contribution in [-0.2, 0) is 38.3 Å². The van der Waals surface area contributed by atoms with Gasteiger partial charge in [-0.25, -0.2) is 14.8 Å². The minimum absolute atomic E-state index is 0.0594. The first-order valence-corrected chi connectivity index (χ1v) is 24.8. The van der Waals surface area contributed by atoms with E-state index in [1.54, 1.807) is 0 Å². The van der Waals surface area contributed by atoms with E-state index >= 15 is 0 Å². The number of nitrogens with zero attached hydrogens (tertiary/aromatic N) is 4. The summed E-state index contributed by atoms with van der Waals surface area (Å²) in [6, 6.07) is 25.1. The molecule has 8 atom stereocenters. The number of imidazole rings is 2. The molecule has 4 aliphatic carbocycles. The van der Waals surface area contributed by atoms with E-state index in [1.165, 1.54) is 47.6 Å². The highest BCUT2D eigenvalue weighted by molar-refractivity contribution is 5.88. The second kappa shape index (κ2) is 19.7. The van der Waals surface area contributed by atoms with Crippen LogP contribution in [0.25, 0.3) is 44.3 Å². The second-order valence-corrected chi connectivity index (χ2v) is 20.7. The average molecular weight is 937 g/mol. The van der Waals surface area contributed by atoms with Crippen LogP contribution in [0.5, 0.6) is 0 Å². The third kappa shape index (κ3) is 9.76. The molecule has 364 valence electrons. The molecule has 14 heteroatoms. The number of aromatic nitrogens is 4. The summed E-state index contributed by atoms with van der Waals surface area (Å²) >= 11 is 0. The number of aliphatic hydroxyl groups is 1. The molecule has 0 spiro atoms. The molecule has 6 aromatic rings. The van der Waals surface area contributed by atoms with Gasteiger partial charge in [-0.05, 0) is 130 Å². The predicted molar refractivity (Wildman–Crippen MR) is 268 cm³/mol. The van der Waals surface area contributed by atoms with Crippen molar-refractivity contribution in [2.45, 2.75) is 117 Å². The fraction of sp³-hybridized carbons (Fsp3) is 0.473. The minimum Gasteiger partial charge on any atom is -0.453 e. The van der Waals surface area contributed by atoms with Gasteiger partial charge in [-0.2, -0.15) is 0 Å². The highest BCUT2D eigenvalue weighted by Crippen LogP contribution is 2.40. The molecular formula is C55H68N8O6. The van der Waals surface area contributed by atoms with Crippen LogP contribution in [0.2, 0.25) is 0 Å². The Kier molecular flexibility index (Phi) is 13.7. The molecule has 6 aliphatic rings. The molecule has 2 saturated heterocycles. The lowest BCUT2D eigenvalue weighted by Gasteiger charge is -2.31. The number of ether oxygens (including phenoxy) is 2. The van der Waals surface area contributed by atoms with Crippen LogP contribution < -0.4 is 10.6 Å². The van der Waals surface area contributed by atoms with Crippen molar-refractivity contribution in [1.29, 1.82) is 0 Å². The highest BCUT2D eigenvalue weighted by Gasteiger charge is 2.42. The molecule has 4 bridgehead atoms. The Morgan fingerprint density at radius 3 is 1.80 bits per heavy atom. The van der Waals surface area contributed by atoms with Gasteiger partial charge in [0.1, 0.15) is 17.7 Å². The summed E-state index contributed by atoms with van der Waals surface area (Å²) in [6.07, 6.45) is 2.29. The largest absolute Gasteiger partial charge is 0.453 e. The molecule has 5 N–H and O–H groups in total. The van der Waals surface area contributed by atoms with Crippen molar-refractivity contribution in [3.05, 3.63) is 107 Å². The Morgan fingerprint density at radius 2 is 1.25 bits per heavy atom. The number of nitrogens with one attached hydrogen (secondary N) is 4. The van der Waals surface area contributed by atoms with E-state index in [0.29, 0.717) is 19.0 Å². The van der Waals surface area contributed by atoms with Crippen LogP contribution in [-0.4, -0.2) is 98.6 Å². The number of aryl methyl sites for hydroxylation is 2. The first kappa shape index (κ1) is 48.0. The number of likely N-dealkylation sites (tertiary alicyclic amines) is 2. The first-order chi connectivity index (χ1) is 33.1. The highest BCUT2D eigenvalue weighted by atomic mass is 16.6. The molecule has 4 heterocycles. The number of amides is 3. The maximum absolute atomic E-state index is 14.0. The third-order valence-corrected chi connectivity index (χ3v) is 14.8. The molecule has 1 unspecified atom stereocenters. The van der Waals surface area contributed by atoms with Gasteiger partial charge < -0.3 is 39.7 Å². The van der Waals surface area contributed by atoms with E-state index in [1.807, 2.05) is 37.5 Å². The number of H-pyrrole nitrogens is 2. The van der Waals surface area contributed by atoms with Crippen LogP contribution in [0.3, 0.4) is 0 Å². The van der Waals surface area contributed by atoms with Crippen LogP contribution >= 0.6 is 0 Å². The topological polar surface area (TPSA) is 178 Å². The Morgan fingerprint density at radius 1 is 0.696 bits per heavy atom. The molecule has 2 fully saturated rings. The van der Waals surface area contributed by atoms with Crippen molar-refractivity contribution in [3.63, 3.8) is 0 Å². The van der Waals surface area contributed by atoms with Crippen molar-refractivity contribution in [2.75, 3.05) is 27.3 Å². The number of hydrogen-bond donors (Lipinski definition) is 5. The molecule has 2 aliphatic heterocycles. The summed E-state index contributed by atoms with van der Waals surface area (Å²) in [7, 11) is 2.72. The molecule has 14 nitrogen and oxygen atoms in total. The zero-order valence-electron chi connectivity index (χ0n) is 41.4. The number of hydrogen-bond acceptors (Lipinski definition) is 9. The van der Waals surface area contributed by atoms with Crippen LogP contribution in [0.4, 0.5) is 4.79 Å². The van der Waals surface area contributed by atoms with E-state index in [4.69, 9.17) is 19.4 Å². The maximum atomic E-state index is 14.0. The Balaban J connectivity index is 0.967. The summed E-state index contributed by atoms with van der Waals surface area (Å²) in [5.74, 6) is 1.95. The molecule has 3 amide bonds. The van der Waals surface area contributed by atoms with Gasteiger partial charge in [0.2, 0.25) is 18.2 Å². The standard InChI is InChI=1S/C55H68N8O6/c1-29(2)48(60-54(66)68-8)52(64)62-27-31(5)20-46(62)50-56-42-18-16-38(25-44(42)58-50)40-23-34-10-12-35-14-15-36(33(7)22-37(40)13-11-34)24-41(35)39-17-19-43-45(26-39)59-51(57-43)47-21-32(6)28-63(47)53(65)49(30(3)4)61-55(67)69-9/h11,13-19,23-26,29-33,46-49,54,60,66H,10,12,20-22,27-28H2,1-9H3,(H,56,58)(H,57,59)(H,61,67)/t31-,32-,33-,46+,47+,48+,49+,54?/m1/s1. The summed E-state index contributed by atoms with van der Waals surface area (Å²) in [5.41, 5.74) is 13.4. The van der Waals surface area contributed by atoms with Gasteiger partial charge in [-0.1, -0.05) is 97.0 Å². The smallest absolute Gasteiger partial charge is 0.407 e. The monoisotopic (exact) mass is 937 g/mol. The normalized spacial score (nSPS) is 21.8. The number of rotatable bonds is 12. The number of fused-ring (bicyclic) bond motifs is 2. The van der Waals surface area contributed by atoms with Crippen molar-refractivity contribution >= 4 is 40.0 Å². The minimum atomic E-state index is -1.24. The lowest BCUT2D eigenvalue weighted by molar-refractivity contribution is -0.145. The van der Waals surface area contributed by atoms with Crippen molar-refractivity contribution < 1.29 is 29.0 Å². The van der Waals surface area contributed by atoms with E-state index in [9.17, 15) is 19.5 Å². The number of carbonyl (C=O) groups is 3. The predicted octanol–water partition coefficient (Wildman–Crippen LogP) is 8.95. The summed E-state index contributed by atoms with van der Waals surface area (Å²) < 4.78 is 9.89. The van der Waals surface area contributed by atoms with Crippen LogP contribution in [0, 0.1) is 23.7 Å². The van der Waals surface area contributed by atoms with Gasteiger partial charge in [-0.15, -0.1) is 0 Å². The average Bonchev–Trinajstić information content (AvgIpc) is 4.14. The number of methoxy groups -OCH3 is 2. The zero-order valence-corrected chi connectivity index (χ0v) is 41.4. The quantitative estimate of drug-likeness (QED) is 0.0750. The van der Waals surface area contributed by atoms with E-state index in [0.717, 1.165) is 76.9 Å². The van der Waals surface area contributed by atoms with Gasteiger partial charge in [0, 0.05) is 20.2 Å². The van der Waals surface area contributed by atoms with E-state index < -0.39 is 24.6 Å². The zero-order chi connectivity index (χ0) is 48.8.